The Labute approximate surface area is 153 Å². The van der Waals surface area contributed by atoms with Gasteiger partial charge in [-0.1, -0.05) is 12.1 Å². The quantitative estimate of drug-likeness (QED) is 0.828. The molecule has 0 radical (unpaired) electrons. The first-order valence-electron chi connectivity index (χ1n) is 8.77. The smallest absolute Gasteiger partial charge is 0.256 e. The second-order valence-electron chi connectivity index (χ2n) is 6.83. The lowest BCUT2D eigenvalue weighted by Crippen LogP contribution is -2.50. The third-order valence-corrected chi connectivity index (χ3v) is 4.54. The summed E-state index contributed by atoms with van der Waals surface area (Å²) in [5.41, 5.74) is 2.42. The van der Waals surface area contributed by atoms with Crippen molar-refractivity contribution in [3.8, 4) is 5.69 Å². The summed E-state index contributed by atoms with van der Waals surface area (Å²) in [6, 6.07) is 7.58. The van der Waals surface area contributed by atoms with Crippen molar-refractivity contribution in [3.05, 3.63) is 48.0 Å². The third-order valence-electron chi connectivity index (χ3n) is 4.54. The highest BCUT2D eigenvalue weighted by molar-refractivity contribution is 5.98. The van der Waals surface area contributed by atoms with E-state index < -0.39 is 0 Å². The van der Waals surface area contributed by atoms with Gasteiger partial charge in [0.05, 0.1) is 23.3 Å². The van der Waals surface area contributed by atoms with Crippen LogP contribution in [-0.4, -0.2) is 76.3 Å². The molecule has 0 spiro atoms. The Bertz CT molecular complexity index is 791. The van der Waals surface area contributed by atoms with Crippen LogP contribution in [0.5, 0.6) is 0 Å². The Morgan fingerprint density at radius 1 is 1.08 bits per heavy atom. The van der Waals surface area contributed by atoms with Crippen molar-refractivity contribution in [1.29, 1.82) is 0 Å². The fourth-order valence-electron chi connectivity index (χ4n) is 3.18. The third kappa shape index (κ3) is 3.94. The number of amides is 2. The number of imidazole rings is 1. The monoisotopic (exact) mass is 355 g/mol. The number of hydrogen-bond donors (Lipinski definition) is 0. The van der Waals surface area contributed by atoms with E-state index in [1.807, 2.05) is 54.0 Å². The van der Waals surface area contributed by atoms with E-state index in [1.165, 1.54) is 0 Å². The second kappa shape index (κ2) is 7.70. The lowest BCUT2D eigenvalue weighted by molar-refractivity contribution is -0.130. The Balaban J connectivity index is 1.80. The predicted molar refractivity (Wildman–Crippen MR) is 99.1 cm³/mol. The zero-order valence-electron chi connectivity index (χ0n) is 15.6. The topological polar surface area (TPSA) is 61.7 Å². The molecule has 0 unspecified atom stereocenters. The van der Waals surface area contributed by atoms with Crippen molar-refractivity contribution in [1.82, 2.24) is 24.3 Å². The van der Waals surface area contributed by atoms with Gasteiger partial charge in [0.1, 0.15) is 0 Å². The molecule has 26 heavy (non-hydrogen) atoms. The molecule has 0 N–H and O–H groups in total. The first kappa shape index (κ1) is 18.1. The van der Waals surface area contributed by atoms with Crippen LogP contribution in [0, 0.1) is 0 Å². The number of para-hydroxylation sites is 1. The van der Waals surface area contributed by atoms with Gasteiger partial charge in [-0.15, -0.1) is 0 Å². The zero-order valence-corrected chi connectivity index (χ0v) is 15.6. The van der Waals surface area contributed by atoms with E-state index in [2.05, 4.69) is 9.88 Å². The maximum absolute atomic E-state index is 13.0. The molecule has 2 amide bonds. The van der Waals surface area contributed by atoms with Crippen molar-refractivity contribution < 1.29 is 9.59 Å². The maximum atomic E-state index is 13.0. The second-order valence-corrected chi connectivity index (χ2v) is 6.83. The maximum Gasteiger partial charge on any atom is 0.256 e. The van der Waals surface area contributed by atoms with Gasteiger partial charge in [-0.25, -0.2) is 4.98 Å². The molecule has 0 aliphatic carbocycles. The van der Waals surface area contributed by atoms with Gasteiger partial charge in [-0.2, -0.15) is 0 Å². The molecule has 1 aliphatic rings. The molecule has 0 saturated carbocycles. The van der Waals surface area contributed by atoms with Crippen molar-refractivity contribution in [2.45, 2.75) is 13.5 Å². The number of carbonyl (C=O) groups is 2. The van der Waals surface area contributed by atoms with Gasteiger partial charge in [0.15, 0.2) is 0 Å². The van der Waals surface area contributed by atoms with E-state index in [9.17, 15) is 9.59 Å². The highest BCUT2D eigenvalue weighted by Gasteiger charge is 2.25. The van der Waals surface area contributed by atoms with Gasteiger partial charge in [-0.05, 0) is 26.2 Å². The molecule has 1 saturated heterocycles. The van der Waals surface area contributed by atoms with E-state index in [1.54, 1.807) is 18.2 Å². The van der Waals surface area contributed by atoms with Gasteiger partial charge < -0.3 is 19.3 Å². The highest BCUT2D eigenvalue weighted by atomic mass is 16.2. The first-order chi connectivity index (χ1) is 12.5. The summed E-state index contributed by atoms with van der Waals surface area (Å²) < 4.78 is 1.90. The van der Waals surface area contributed by atoms with Gasteiger partial charge >= 0.3 is 0 Å². The van der Waals surface area contributed by atoms with E-state index >= 15 is 0 Å². The van der Waals surface area contributed by atoms with Gasteiger partial charge in [0.25, 0.3) is 5.91 Å². The SMILES string of the molecule is CC(=O)N1CCN(C(=O)c2ccccc2-n2cnc(CN(C)C)c2)CC1. The number of hydrogen-bond acceptors (Lipinski definition) is 4. The Hall–Kier alpha value is -2.67. The van der Waals surface area contributed by atoms with Gasteiger partial charge in [0, 0.05) is 45.8 Å². The number of rotatable bonds is 4. The normalized spacial score (nSPS) is 14.8. The molecule has 3 rings (SSSR count). The summed E-state index contributed by atoms with van der Waals surface area (Å²) in [7, 11) is 3.99. The van der Waals surface area contributed by atoms with Crippen molar-refractivity contribution in [3.63, 3.8) is 0 Å². The van der Waals surface area contributed by atoms with Crippen LogP contribution in [-0.2, 0) is 11.3 Å². The molecule has 0 atom stereocenters. The minimum atomic E-state index is -0.00772. The molecule has 2 heterocycles. The molecule has 1 aromatic heterocycles. The van der Waals surface area contributed by atoms with Gasteiger partial charge in [0.2, 0.25) is 5.91 Å². The summed E-state index contributed by atoms with van der Waals surface area (Å²) in [4.78, 5) is 34.6. The molecule has 138 valence electrons. The van der Waals surface area contributed by atoms with Crippen LogP contribution in [0.4, 0.5) is 0 Å². The standard InChI is InChI=1S/C19H25N5O2/c1-15(25)22-8-10-23(11-9-22)19(26)17-6-4-5-7-18(17)24-13-16(20-14-24)12-21(2)3/h4-7,13-14H,8-12H2,1-3H3. The van der Waals surface area contributed by atoms with Crippen LogP contribution in [0.15, 0.2) is 36.8 Å². The molecule has 7 heteroatoms. The van der Waals surface area contributed by atoms with Crippen LogP contribution in [0.1, 0.15) is 23.0 Å². The van der Waals surface area contributed by atoms with Crippen molar-refractivity contribution in [2.24, 2.45) is 0 Å². The largest absolute Gasteiger partial charge is 0.339 e. The fraction of sp³-hybridized carbons (Fsp3) is 0.421. The zero-order chi connectivity index (χ0) is 18.7. The van der Waals surface area contributed by atoms with Crippen LogP contribution in [0.3, 0.4) is 0 Å². The summed E-state index contributed by atoms with van der Waals surface area (Å²) >= 11 is 0. The van der Waals surface area contributed by atoms with Gasteiger partial charge in [-0.3, -0.25) is 9.59 Å². The molecule has 1 aromatic carbocycles. The molecular formula is C19H25N5O2. The average molecular weight is 355 g/mol. The summed E-state index contributed by atoms with van der Waals surface area (Å²) in [5.74, 6) is 0.0518. The highest BCUT2D eigenvalue weighted by Crippen LogP contribution is 2.18. The molecule has 7 nitrogen and oxygen atoms in total. The van der Waals surface area contributed by atoms with Crippen LogP contribution in [0.25, 0.3) is 5.69 Å². The number of aromatic nitrogens is 2. The number of benzene rings is 1. The first-order valence-corrected chi connectivity index (χ1v) is 8.77. The predicted octanol–water partition coefficient (Wildman–Crippen LogP) is 1.24. The minimum Gasteiger partial charge on any atom is -0.339 e. The summed E-state index contributed by atoms with van der Waals surface area (Å²) in [6.45, 7) is 4.60. The molecule has 1 fully saturated rings. The summed E-state index contributed by atoms with van der Waals surface area (Å²) in [6.07, 6.45) is 3.71. The fourth-order valence-corrected chi connectivity index (χ4v) is 3.18. The Kier molecular flexibility index (Phi) is 5.37. The number of nitrogens with zero attached hydrogens (tertiary/aromatic N) is 5. The van der Waals surface area contributed by atoms with E-state index in [0.717, 1.165) is 17.9 Å². The number of piperazine rings is 1. The minimum absolute atomic E-state index is 0.00772. The Morgan fingerprint density at radius 2 is 1.73 bits per heavy atom. The van der Waals surface area contributed by atoms with E-state index in [-0.39, 0.29) is 11.8 Å². The lowest BCUT2D eigenvalue weighted by atomic mass is 10.1. The lowest BCUT2D eigenvalue weighted by Gasteiger charge is -2.34. The molecule has 2 aromatic rings. The van der Waals surface area contributed by atoms with Crippen molar-refractivity contribution in [2.75, 3.05) is 40.3 Å². The van der Waals surface area contributed by atoms with E-state index in [4.69, 9.17) is 0 Å². The van der Waals surface area contributed by atoms with Crippen LogP contribution < -0.4 is 0 Å². The average Bonchev–Trinajstić information content (AvgIpc) is 3.08. The van der Waals surface area contributed by atoms with E-state index in [0.29, 0.717) is 31.7 Å². The Morgan fingerprint density at radius 3 is 2.38 bits per heavy atom. The summed E-state index contributed by atoms with van der Waals surface area (Å²) in [5, 5.41) is 0. The van der Waals surface area contributed by atoms with Crippen molar-refractivity contribution >= 4 is 11.8 Å². The van der Waals surface area contributed by atoms with Crippen LogP contribution >= 0.6 is 0 Å². The number of carbonyl (C=O) groups excluding carboxylic acids is 2. The molecule has 0 bridgehead atoms. The molecule has 1 aliphatic heterocycles. The molecular weight excluding hydrogens is 330 g/mol. The van der Waals surface area contributed by atoms with Crippen LogP contribution in [0.2, 0.25) is 0 Å².